The lowest BCUT2D eigenvalue weighted by atomic mass is 10.0. The number of nitrogens with zero attached hydrogens (tertiary/aromatic N) is 1. The Morgan fingerprint density at radius 2 is 1.61 bits per heavy atom. The van der Waals surface area contributed by atoms with Crippen LogP contribution in [0.15, 0.2) is 72.8 Å². The van der Waals surface area contributed by atoms with Gasteiger partial charge in [0.2, 0.25) is 5.91 Å². The van der Waals surface area contributed by atoms with Gasteiger partial charge in [-0.25, -0.2) is 0 Å². The van der Waals surface area contributed by atoms with Crippen molar-refractivity contribution in [3.05, 3.63) is 99.5 Å². The maximum absolute atomic E-state index is 13.6. The van der Waals surface area contributed by atoms with E-state index in [4.69, 9.17) is 27.9 Å². The Morgan fingerprint density at radius 3 is 2.22 bits per heavy atom. The van der Waals surface area contributed by atoms with Crippen LogP contribution in [0.25, 0.3) is 0 Å². The Labute approximate surface area is 223 Å². The van der Waals surface area contributed by atoms with Gasteiger partial charge in [-0.2, -0.15) is 0 Å². The van der Waals surface area contributed by atoms with Crippen LogP contribution in [0, 0.1) is 6.92 Å². The normalized spacial score (nSPS) is 12.1. The van der Waals surface area contributed by atoms with Crippen LogP contribution < -0.4 is 10.1 Å². The molecule has 1 N–H and O–H groups in total. The van der Waals surface area contributed by atoms with Crippen molar-refractivity contribution in [2.24, 2.45) is 0 Å². The Bertz CT molecular complexity index is 1180. The second kappa shape index (κ2) is 12.3. The second-order valence-electron chi connectivity index (χ2n) is 9.79. The lowest BCUT2D eigenvalue weighted by Gasteiger charge is -2.33. The molecule has 36 heavy (non-hydrogen) atoms. The van der Waals surface area contributed by atoms with Gasteiger partial charge in [-0.15, -0.1) is 0 Å². The molecule has 3 aromatic rings. The first-order chi connectivity index (χ1) is 17.0. The maximum Gasteiger partial charge on any atom is 0.261 e. The summed E-state index contributed by atoms with van der Waals surface area (Å²) in [5, 5.41) is 4.27. The average molecular weight is 527 g/mol. The van der Waals surface area contributed by atoms with E-state index < -0.39 is 11.6 Å². The third-order valence-electron chi connectivity index (χ3n) is 5.53. The molecule has 7 heteroatoms. The third kappa shape index (κ3) is 8.28. The van der Waals surface area contributed by atoms with Gasteiger partial charge in [0.25, 0.3) is 5.91 Å². The Balaban J connectivity index is 1.92. The predicted molar refractivity (Wildman–Crippen MR) is 146 cm³/mol. The molecule has 0 radical (unpaired) electrons. The van der Waals surface area contributed by atoms with Crippen molar-refractivity contribution in [3.63, 3.8) is 0 Å². The zero-order valence-electron chi connectivity index (χ0n) is 21.1. The number of aryl methyl sites for hydroxylation is 1. The number of rotatable bonds is 9. The van der Waals surface area contributed by atoms with Gasteiger partial charge in [-0.3, -0.25) is 9.59 Å². The summed E-state index contributed by atoms with van der Waals surface area (Å²) < 4.78 is 5.82. The zero-order valence-corrected chi connectivity index (χ0v) is 22.6. The maximum atomic E-state index is 13.6. The summed E-state index contributed by atoms with van der Waals surface area (Å²) >= 11 is 12.2. The fourth-order valence-electron chi connectivity index (χ4n) is 3.73. The quantitative estimate of drug-likeness (QED) is 0.359. The summed E-state index contributed by atoms with van der Waals surface area (Å²) in [6.07, 6.45) is 0.363. The summed E-state index contributed by atoms with van der Waals surface area (Å²) in [4.78, 5) is 28.7. The van der Waals surface area contributed by atoms with E-state index in [0.29, 0.717) is 22.2 Å². The molecule has 0 spiro atoms. The van der Waals surface area contributed by atoms with Crippen molar-refractivity contribution < 1.29 is 14.3 Å². The number of halogens is 2. The van der Waals surface area contributed by atoms with Gasteiger partial charge in [-0.1, -0.05) is 65.7 Å². The van der Waals surface area contributed by atoms with Crippen LogP contribution in [0.1, 0.15) is 37.5 Å². The minimum atomic E-state index is -0.745. The molecule has 0 fully saturated rings. The van der Waals surface area contributed by atoms with Crippen molar-refractivity contribution in [1.29, 1.82) is 0 Å². The molecule has 190 valence electrons. The number of hydrogen-bond acceptors (Lipinski definition) is 3. The first-order valence-electron chi connectivity index (χ1n) is 11.8. The summed E-state index contributed by atoms with van der Waals surface area (Å²) in [5.41, 5.74) is 2.20. The highest BCUT2D eigenvalue weighted by molar-refractivity contribution is 6.31. The minimum absolute atomic E-state index is 0.219. The van der Waals surface area contributed by atoms with E-state index in [0.717, 1.165) is 16.7 Å². The van der Waals surface area contributed by atoms with Gasteiger partial charge in [0.1, 0.15) is 11.8 Å². The number of ether oxygens (including phenoxy) is 1. The summed E-state index contributed by atoms with van der Waals surface area (Å²) in [6, 6.07) is 21.4. The van der Waals surface area contributed by atoms with E-state index in [1.807, 2.05) is 70.2 Å². The molecular formula is C29H32Cl2N2O3. The fraction of sp³-hybridized carbons (Fsp3) is 0.310. The van der Waals surface area contributed by atoms with Gasteiger partial charge in [0, 0.05) is 28.5 Å². The highest BCUT2D eigenvalue weighted by Crippen LogP contribution is 2.22. The Kier molecular flexibility index (Phi) is 9.41. The van der Waals surface area contributed by atoms with Crippen LogP contribution >= 0.6 is 23.2 Å². The fourth-order valence-corrected chi connectivity index (χ4v) is 3.97. The van der Waals surface area contributed by atoms with E-state index in [-0.39, 0.29) is 25.0 Å². The summed E-state index contributed by atoms with van der Waals surface area (Å²) in [5.74, 6) is 0.00833. The van der Waals surface area contributed by atoms with Crippen molar-refractivity contribution >= 4 is 35.0 Å². The van der Waals surface area contributed by atoms with Gasteiger partial charge in [0.05, 0.1) is 0 Å². The van der Waals surface area contributed by atoms with Crippen molar-refractivity contribution in [2.75, 3.05) is 6.61 Å². The van der Waals surface area contributed by atoms with E-state index in [9.17, 15) is 9.59 Å². The van der Waals surface area contributed by atoms with Crippen LogP contribution in [0.4, 0.5) is 0 Å². The molecule has 0 aliphatic rings. The topological polar surface area (TPSA) is 58.6 Å². The van der Waals surface area contributed by atoms with E-state index in [2.05, 4.69) is 5.32 Å². The summed E-state index contributed by atoms with van der Waals surface area (Å²) in [6.45, 7) is 7.64. The number of hydrogen-bond donors (Lipinski definition) is 1. The molecule has 1 unspecified atom stereocenters. The van der Waals surface area contributed by atoms with Crippen LogP contribution in [0.2, 0.25) is 10.0 Å². The highest BCUT2D eigenvalue weighted by Gasteiger charge is 2.32. The average Bonchev–Trinajstić information content (AvgIpc) is 2.82. The number of amides is 2. The number of carbonyl (C=O) groups is 2. The Hall–Kier alpha value is -3.02. The summed E-state index contributed by atoms with van der Waals surface area (Å²) in [7, 11) is 0. The van der Waals surface area contributed by atoms with Crippen molar-refractivity contribution in [1.82, 2.24) is 10.2 Å². The molecule has 0 aromatic heterocycles. The van der Waals surface area contributed by atoms with Gasteiger partial charge in [-0.05, 0) is 74.7 Å². The van der Waals surface area contributed by atoms with Crippen LogP contribution in [0.3, 0.4) is 0 Å². The van der Waals surface area contributed by atoms with Crippen LogP contribution in [-0.2, 0) is 22.6 Å². The molecule has 0 saturated carbocycles. The largest absolute Gasteiger partial charge is 0.484 e. The van der Waals surface area contributed by atoms with Crippen LogP contribution in [-0.4, -0.2) is 34.9 Å². The molecular weight excluding hydrogens is 495 g/mol. The number of nitrogens with one attached hydrogen (secondary N) is 1. The van der Waals surface area contributed by atoms with Gasteiger partial charge >= 0.3 is 0 Å². The van der Waals surface area contributed by atoms with E-state index >= 15 is 0 Å². The number of carbonyl (C=O) groups excluding carboxylic acids is 2. The van der Waals surface area contributed by atoms with E-state index in [1.165, 1.54) is 0 Å². The van der Waals surface area contributed by atoms with Crippen molar-refractivity contribution in [2.45, 2.75) is 52.2 Å². The van der Waals surface area contributed by atoms with Gasteiger partial charge < -0.3 is 15.0 Å². The highest BCUT2D eigenvalue weighted by atomic mass is 35.5. The van der Waals surface area contributed by atoms with Crippen LogP contribution in [0.5, 0.6) is 5.75 Å². The minimum Gasteiger partial charge on any atom is -0.484 e. The second-order valence-corrected chi connectivity index (χ2v) is 10.6. The molecule has 5 nitrogen and oxygen atoms in total. The molecule has 0 aliphatic heterocycles. The molecule has 0 saturated heterocycles. The molecule has 0 bridgehead atoms. The molecule has 0 aliphatic carbocycles. The molecule has 0 heterocycles. The third-order valence-corrected chi connectivity index (χ3v) is 6.20. The molecule has 1 atom stereocenters. The lowest BCUT2D eigenvalue weighted by molar-refractivity contribution is -0.143. The van der Waals surface area contributed by atoms with Crippen molar-refractivity contribution in [3.8, 4) is 5.75 Å². The standard InChI is InChI=1S/C29H32Cl2N2O3/c1-20-16-24(14-15-25(20)31)36-19-27(34)33(18-22-10-12-23(30)13-11-22)26(28(35)32-29(2,3)4)17-21-8-6-5-7-9-21/h5-16,26H,17-19H2,1-4H3,(H,32,35). The SMILES string of the molecule is Cc1cc(OCC(=O)N(Cc2ccc(Cl)cc2)C(Cc2ccccc2)C(=O)NC(C)(C)C)ccc1Cl. The smallest absolute Gasteiger partial charge is 0.261 e. The zero-order chi connectivity index (χ0) is 26.3. The molecule has 2 amide bonds. The molecule has 3 aromatic carbocycles. The van der Waals surface area contributed by atoms with E-state index in [1.54, 1.807) is 35.2 Å². The monoisotopic (exact) mass is 526 g/mol. The van der Waals surface area contributed by atoms with Gasteiger partial charge in [0.15, 0.2) is 6.61 Å². The Morgan fingerprint density at radius 1 is 0.944 bits per heavy atom. The first kappa shape index (κ1) is 27.6. The predicted octanol–water partition coefficient (Wildman–Crippen LogP) is 6.24. The lowest BCUT2D eigenvalue weighted by Crippen LogP contribution is -2.55. The molecule has 3 rings (SSSR count). The number of benzene rings is 3. The first-order valence-corrected chi connectivity index (χ1v) is 12.6.